The van der Waals surface area contributed by atoms with Crippen molar-refractivity contribution in [2.45, 2.75) is 30.7 Å². The van der Waals surface area contributed by atoms with Crippen molar-refractivity contribution in [2.24, 2.45) is 5.73 Å². The van der Waals surface area contributed by atoms with Gasteiger partial charge in [0.05, 0.1) is 0 Å². The molecule has 1 nitrogen and oxygen atoms in total. The molecule has 2 N–H and O–H groups in total. The number of thioether (sulfide) groups is 1. The fourth-order valence-corrected chi connectivity index (χ4v) is 1.94. The molecule has 72 valence electrons. The minimum Gasteiger partial charge on any atom is -0.328 e. The van der Waals surface area contributed by atoms with Gasteiger partial charge in [0.15, 0.2) is 0 Å². The van der Waals surface area contributed by atoms with Crippen molar-refractivity contribution < 1.29 is 0 Å². The van der Waals surface area contributed by atoms with Gasteiger partial charge < -0.3 is 5.73 Å². The molecule has 0 aliphatic carbocycles. The van der Waals surface area contributed by atoms with E-state index in [2.05, 4.69) is 37.4 Å². The van der Waals surface area contributed by atoms with Crippen LogP contribution < -0.4 is 5.73 Å². The number of rotatable bonds is 4. The molecule has 0 bridgehead atoms. The zero-order valence-electron chi connectivity index (χ0n) is 8.29. The maximum atomic E-state index is 5.72. The highest BCUT2D eigenvalue weighted by Gasteiger charge is 2.01. The summed E-state index contributed by atoms with van der Waals surface area (Å²) in [5.74, 6) is 0. The SMILES string of the molecule is CSc1ccccc1CC[C@@H](C)N. The van der Waals surface area contributed by atoms with Gasteiger partial charge in [-0.1, -0.05) is 18.2 Å². The lowest BCUT2D eigenvalue weighted by Crippen LogP contribution is -2.15. The van der Waals surface area contributed by atoms with Crippen molar-refractivity contribution in [2.75, 3.05) is 6.26 Å². The zero-order valence-corrected chi connectivity index (χ0v) is 9.10. The van der Waals surface area contributed by atoms with E-state index in [0.717, 1.165) is 12.8 Å². The van der Waals surface area contributed by atoms with Gasteiger partial charge >= 0.3 is 0 Å². The molecule has 0 aliphatic rings. The molecule has 0 fully saturated rings. The third kappa shape index (κ3) is 3.41. The molecule has 0 heterocycles. The summed E-state index contributed by atoms with van der Waals surface area (Å²) in [6.45, 7) is 2.06. The van der Waals surface area contributed by atoms with E-state index >= 15 is 0 Å². The van der Waals surface area contributed by atoms with Gasteiger partial charge in [-0.2, -0.15) is 0 Å². The van der Waals surface area contributed by atoms with E-state index in [4.69, 9.17) is 5.73 Å². The minimum absolute atomic E-state index is 0.301. The lowest BCUT2D eigenvalue weighted by atomic mass is 10.1. The second-order valence-electron chi connectivity index (χ2n) is 3.33. The first-order valence-electron chi connectivity index (χ1n) is 4.61. The average Bonchev–Trinajstić information content (AvgIpc) is 2.15. The smallest absolute Gasteiger partial charge is 0.0101 e. The molecule has 1 atom stereocenters. The molecule has 2 heteroatoms. The Labute approximate surface area is 84.7 Å². The number of nitrogens with two attached hydrogens (primary N) is 1. The number of hydrogen-bond donors (Lipinski definition) is 1. The van der Waals surface area contributed by atoms with E-state index < -0.39 is 0 Å². The first-order chi connectivity index (χ1) is 6.24. The van der Waals surface area contributed by atoms with Crippen LogP contribution in [0.1, 0.15) is 18.9 Å². The molecule has 1 aromatic carbocycles. The Morgan fingerprint density at radius 3 is 2.69 bits per heavy atom. The van der Waals surface area contributed by atoms with Crippen molar-refractivity contribution in [3.05, 3.63) is 29.8 Å². The summed E-state index contributed by atoms with van der Waals surface area (Å²) in [6, 6.07) is 8.84. The van der Waals surface area contributed by atoms with Gasteiger partial charge in [0.1, 0.15) is 0 Å². The first kappa shape index (κ1) is 10.6. The van der Waals surface area contributed by atoms with E-state index in [1.54, 1.807) is 11.8 Å². The van der Waals surface area contributed by atoms with Crippen LogP contribution >= 0.6 is 11.8 Å². The van der Waals surface area contributed by atoms with E-state index in [1.807, 2.05) is 0 Å². The maximum absolute atomic E-state index is 5.72. The molecular weight excluding hydrogens is 178 g/mol. The molecule has 0 aromatic heterocycles. The summed E-state index contributed by atoms with van der Waals surface area (Å²) in [6.07, 6.45) is 4.27. The maximum Gasteiger partial charge on any atom is 0.0101 e. The first-order valence-corrected chi connectivity index (χ1v) is 5.84. The summed E-state index contributed by atoms with van der Waals surface area (Å²) in [5, 5.41) is 0. The van der Waals surface area contributed by atoms with Gasteiger partial charge in [0.2, 0.25) is 0 Å². The number of hydrogen-bond acceptors (Lipinski definition) is 2. The Kier molecular flexibility index (Phi) is 4.33. The fourth-order valence-electron chi connectivity index (χ4n) is 1.29. The van der Waals surface area contributed by atoms with Gasteiger partial charge in [-0.05, 0) is 37.7 Å². The monoisotopic (exact) mass is 195 g/mol. The molecule has 0 spiro atoms. The Morgan fingerprint density at radius 1 is 1.38 bits per heavy atom. The molecule has 0 radical (unpaired) electrons. The van der Waals surface area contributed by atoms with Crippen molar-refractivity contribution in [3.8, 4) is 0 Å². The molecule has 0 aliphatic heterocycles. The highest BCUT2D eigenvalue weighted by atomic mass is 32.2. The van der Waals surface area contributed by atoms with Crippen LogP contribution in [0.5, 0.6) is 0 Å². The molecule has 13 heavy (non-hydrogen) atoms. The largest absolute Gasteiger partial charge is 0.328 e. The third-order valence-corrected chi connectivity index (χ3v) is 2.90. The second-order valence-corrected chi connectivity index (χ2v) is 4.18. The van der Waals surface area contributed by atoms with Gasteiger partial charge in [-0.15, -0.1) is 11.8 Å². The summed E-state index contributed by atoms with van der Waals surface area (Å²) in [5.41, 5.74) is 7.15. The Balaban J connectivity index is 2.64. The quantitative estimate of drug-likeness (QED) is 0.748. The molecule has 0 saturated carbocycles. The molecule has 1 aromatic rings. The van der Waals surface area contributed by atoms with Crippen LogP contribution in [0, 0.1) is 0 Å². The van der Waals surface area contributed by atoms with E-state index in [0.29, 0.717) is 6.04 Å². The zero-order chi connectivity index (χ0) is 9.68. The van der Waals surface area contributed by atoms with Crippen LogP contribution in [-0.2, 0) is 6.42 Å². The predicted octanol–water partition coefficient (Wildman–Crippen LogP) is 2.69. The van der Waals surface area contributed by atoms with Crippen LogP contribution in [0.2, 0.25) is 0 Å². The van der Waals surface area contributed by atoms with Crippen molar-refractivity contribution >= 4 is 11.8 Å². The molecule has 1 rings (SSSR count). The lowest BCUT2D eigenvalue weighted by Gasteiger charge is -2.08. The van der Waals surface area contributed by atoms with Crippen molar-refractivity contribution in [1.82, 2.24) is 0 Å². The second kappa shape index (κ2) is 5.30. The predicted molar refractivity (Wildman–Crippen MR) is 60.2 cm³/mol. The molecule has 0 amide bonds. The van der Waals surface area contributed by atoms with Crippen LogP contribution in [0.25, 0.3) is 0 Å². The van der Waals surface area contributed by atoms with Gasteiger partial charge in [-0.3, -0.25) is 0 Å². The summed E-state index contributed by atoms with van der Waals surface area (Å²) >= 11 is 1.81. The fraction of sp³-hybridized carbons (Fsp3) is 0.455. The van der Waals surface area contributed by atoms with Gasteiger partial charge in [-0.25, -0.2) is 0 Å². The normalized spacial score (nSPS) is 12.8. The van der Waals surface area contributed by atoms with Crippen LogP contribution in [0.3, 0.4) is 0 Å². The van der Waals surface area contributed by atoms with E-state index in [-0.39, 0.29) is 0 Å². The molecule has 0 saturated heterocycles. The summed E-state index contributed by atoms with van der Waals surface area (Å²) in [4.78, 5) is 1.38. The summed E-state index contributed by atoms with van der Waals surface area (Å²) in [7, 11) is 0. The summed E-state index contributed by atoms with van der Waals surface area (Å²) < 4.78 is 0. The van der Waals surface area contributed by atoms with Crippen LogP contribution in [-0.4, -0.2) is 12.3 Å². The van der Waals surface area contributed by atoms with Crippen LogP contribution in [0.15, 0.2) is 29.2 Å². The standard InChI is InChI=1S/C11H17NS/c1-9(12)7-8-10-5-3-4-6-11(10)13-2/h3-6,9H,7-8,12H2,1-2H3/t9-/m1/s1. The number of aryl methyl sites for hydroxylation is 1. The van der Waals surface area contributed by atoms with E-state index in [9.17, 15) is 0 Å². The topological polar surface area (TPSA) is 26.0 Å². The van der Waals surface area contributed by atoms with Crippen LogP contribution in [0.4, 0.5) is 0 Å². The molecule has 0 unspecified atom stereocenters. The average molecular weight is 195 g/mol. The van der Waals surface area contributed by atoms with Crippen molar-refractivity contribution in [1.29, 1.82) is 0 Å². The Morgan fingerprint density at radius 2 is 2.08 bits per heavy atom. The molecular formula is C11H17NS. The Hall–Kier alpha value is -0.470. The highest BCUT2D eigenvalue weighted by Crippen LogP contribution is 2.21. The van der Waals surface area contributed by atoms with E-state index in [1.165, 1.54) is 10.5 Å². The minimum atomic E-state index is 0.301. The highest BCUT2D eigenvalue weighted by molar-refractivity contribution is 7.98. The lowest BCUT2D eigenvalue weighted by molar-refractivity contribution is 0.662. The van der Waals surface area contributed by atoms with Gasteiger partial charge in [0, 0.05) is 10.9 Å². The Bertz CT molecular complexity index is 258. The third-order valence-electron chi connectivity index (χ3n) is 2.06. The van der Waals surface area contributed by atoms with Gasteiger partial charge in [0.25, 0.3) is 0 Å². The van der Waals surface area contributed by atoms with Crippen molar-refractivity contribution in [3.63, 3.8) is 0 Å². The number of benzene rings is 1.